The van der Waals surface area contributed by atoms with Gasteiger partial charge in [0.2, 0.25) is 0 Å². The van der Waals surface area contributed by atoms with E-state index >= 15 is 0 Å². The summed E-state index contributed by atoms with van der Waals surface area (Å²) in [5.74, 6) is 0.984. The topological polar surface area (TPSA) is 25.8 Å². The van der Waals surface area contributed by atoms with Crippen LogP contribution in [-0.4, -0.2) is 18.7 Å². The Labute approximate surface area is 124 Å². The molecule has 0 aliphatic heterocycles. The second-order valence-electron chi connectivity index (χ2n) is 7.69. The van der Waals surface area contributed by atoms with E-state index in [1.54, 1.807) is 0 Å². The molecule has 1 aromatic carbocycles. The number of ether oxygens (including phenoxy) is 1. The van der Waals surface area contributed by atoms with Crippen molar-refractivity contribution in [2.45, 2.75) is 65.3 Å². The minimum absolute atomic E-state index is 0.210. The van der Waals surface area contributed by atoms with Gasteiger partial charge in [-0.05, 0) is 56.7 Å². The predicted molar refractivity (Wildman–Crippen MR) is 86.4 cm³/mol. The minimum atomic E-state index is 0.210. The molecular formula is C18H32NO+. The monoisotopic (exact) mass is 278 g/mol. The maximum Gasteiger partial charge on any atom is 0.119 e. The van der Waals surface area contributed by atoms with E-state index in [1.165, 1.54) is 18.5 Å². The van der Waals surface area contributed by atoms with E-state index in [2.05, 4.69) is 71.1 Å². The first-order chi connectivity index (χ1) is 9.18. The van der Waals surface area contributed by atoms with Crippen molar-refractivity contribution in [3.05, 3.63) is 29.8 Å². The summed E-state index contributed by atoms with van der Waals surface area (Å²) in [6.45, 7) is 15.4. The van der Waals surface area contributed by atoms with Crippen LogP contribution in [0.2, 0.25) is 0 Å². The summed E-state index contributed by atoms with van der Waals surface area (Å²) in [4.78, 5) is 0. The third-order valence-corrected chi connectivity index (χ3v) is 3.34. The van der Waals surface area contributed by atoms with Crippen LogP contribution >= 0.6 is 0 Å². The maximum atomic E-state index is 5.79. The highest BCUT2D eigenvalue weighted by Gasteiger charge is 2.13. The number of unbranched alkanes of at least 4 members (excludes halogenated alkanes) is 1. The van der Waals surface area contributed by atoms with Crippen LogP contribution in [0.1, 0.15) is 59.9 Å². The Kier molecular flexibility index (Phi) is 6.07. The Bertz CT molecular complexity index is 381. The van der Waals surface area contributed by atoms with Crippen molar-refractivity contribution in [3.63, 3.8) is 0 Å². The lowest BCUT2D eigenvalue weighted by Crippen LogP contribution is -2.94. The van der Waals surface area contributed by atoms with Gasteiger partial charge in [-0.3, -0.25) is 0 Å². The van der Waals surface area contributed by atoms with Gasteiger partial charge < -0.3 is 10.1 Å². The molecule has 0 radical (unpaired) electrons. The number of rotatable bonds is 6. The third kappa shape index (κ3) is 6.95. The zero-order valence-electron chi connectivity index (χ0n) is 14.1. The van der Waals surface area contributed by atoms with Crippen LogP contribution < -0.4 is 10.1 Å². The molecule has 0 amide bonds. The van der Waals surface area contributed by atoms with E-state index in [9.17, 15) is 0 Å². The van der Waals surface area contributed by atoms with Gasteiger partial charge in [-0.25, -0.2) is 0 Å². The number of quaternary nitrogens is 1. The van der Waals surface area contributed by atoms with Crippen LogP contribution in [0.25, 0.3) is 0 Å². The highest BCUT2D eigenvalue weighted by atomic mass is 16.5. The van der Waals surface area contributed by atoms with Crippen LogP contribution in [0, 0.1) is 0 Å². The van der Waals surface area contributed by atoms with Crippen LogP contribution in [-0.2, 0) is 5.41 Å². The third-order valence-electron chi connectivity index (χ3n) is 3.34. The molecule has 2 nitrogen and oxygen atoms in total. The number of benzene rings is 1. The van der Waals surface area contributed by atoms with E-state index in [0.717, 1.165) is 18.8 Å². The Morgan fingerprint density at radius 3 is 2.00 bits per heavy atom. The highest BCUT2D eigenvalue weighted by molar-refractivity contribution is 5.31. The average Bonchev–Trinajstić information content (AvgIpc) is 2.32. The zero-order valence-corrected chi connectivity index (χ0v) is 14.1. The summed E-state index contributed by atoms with van der Waals surface area (Å²) >= 11 is 0. The molecule has 1 rings (SSSR count). The average molecular weight is 278 g/mol. The van der Waals surface area contributed by atoms with E-state index < -0.39 is 0 Å². The molecule has 2 heteroatoms. The number of hydrogen-bond acceptors (Lipinski definition) is 1. The van der Waals surface area contributed by atoms with Gasteiger partial charge in [0.25, 0.3) is 0 Å². The molecule has 20 heavy (non-hydrogen) atoms. The maximum absolute atomic E-state index is 5.79. The van der Waals surface area contributed by atoms with E-state index in [1.807, 2.05) is 0 Å². The summed E-state index contributed by atoms with van der Waals surface area (Å²) < 4.78 is 5.79. The first-order valence-corrected chi connectivity index (χ1v) is 7.76. The van der Waals surface area contributed by atoms with Gasteiger partial charge in [0.05, 0.1) is 18.7 Å². The molecule has 0 aromatic heterocycles. The van der Waals surface area contributed by atoms with Crippen molar-refractivity contribution in [1.29, 1.82) is 0 Å². The summed E-state index contributed by atoms with van der Waals surface area (Å²) in [5.41, 5.74) is 1.90. The van der Waals surface area contributed by atoms with Crippen molar-refractivity contribution in [2.24, 2.45) is 0 Å². The highest BCUT2D eigenvalue weighted by Crippen LogP contribution is 2.24. The molecule has 0 spiro atoms. The molecule has 0 aliphatic rings. The Balaban J connectivity index is 2.23. The molecule has 0 fully saturated rings. The SMILES string of the molecule is CC(C)(C)[NH2+]CCCCOc1ccc(C(C)(C)C)cc1. The fourth-order valence-electron chi connectivity index (χ4n) is 2.02. The lowest BCUT2D eigenvalue weighted by atomic mass is 9.87. The van der Waals surface area contributed by atoms with Gasteiger partial charge in [0.15, 0.2) is 0 Å². The summed E-state index contributed by atoms with van der Waals surface area (Å²) in [6, 6.07) is 8.51. The molecule has 0 aliphatic carbocycles. The Morgan fingerprint density at radius 2 is 1.50 bits per heavy atom. The van der Waals surface area contributed by atoms with E-state index in [-0.39, 0.29) is 5.41 Å². The van der Waals surface area contributed by atoms with Crippen LogP contribution in [0.15, 0.2) is 24.3 Å². The molecule has 0 heterocycles. The fourth-order valence-corrected chi connectivity index (χ4v) is 2.02. The van der Waals surface area contributed by atoms with Gasteiger partial charge >= 0.3 is 0 Å². The van der Waals surface area contributed by atoms with Gasteiger partial charge in [-0.2, -0.15) is 0 Å². The molecule has 1 aromatic rings. The van der Waals surface area contributed by atoms with Crippen molar-refractivity contribution in [1.82, 2.24) is 0 Å². The molecule has 0 unspecified atom stereocenters. The number of nitrogens with two attached hydrogens (primary N) is 1. The number of hydrogen-bond donors (Lipinski definition) is 1. The van der Waals surface area contributed by atoms with E-state index in [0.29, 0.717) is 5.54 Å². The second-order valence-corrected chi connectivity index (χ2v) is 7.69. The fraction of sp³-hybridized carbons (Fsp3) is 0.667. The normalized spacial score (nSPS) is 12.5. The summed E-state index contributed by atoms with van der Waals surface area (Å²) in [7, 11) is 0. The van der Waals surface area contributed by atoms with Crippen LogP contribution in [0.4, 0.5) is 0 Å². The Hall–Kier alpha value is -1.02. The second kappa shape index (κ2) is 7.12. The largest absolute Gasteiger partial charge is 0.494 e. The van der Waals surface area contributed by atoms with Crippen molar-refractivity contribution >= 4 is 0 Å². The molecule has 0 bridgehead atoms. The van der Waals surface area contributed by atoms with Crippen LogP contribution in [0.5, 0.6) is 5.75 Å². The van der Waals surface area contributed by atoms with E-state index in [4.69, 9.17) is 4.74 Å². The first-order valence-electron chi connectivity index (χ1n) is 7.76. The van der Waals surface area contributed by atoms with Crippen LogP contribution in [0.3, 0.4) is 0 Å². The molecule has 0 atom stereocenters. The molecule has 114 valence electrons. The lowest BCUT2D eigenvalue weighted by molar-refractivity contribution is -0.717. The van der Waals surface area contributed by atoms with Gasteiger partial charge in [-0.15, -0.1) is 0 Å². The summed E-state index contributed by atoms with van der Waals surface area (Å²) in [6.07, 6.45) is 2.32. The van der Waals surface area contributed by atoms with Gasteiger partial charge in [0, 0.05) is 0 Å². The smallest absolute Gasteiger partial charge is 0.119 e. The van der Waals surface area contributed by atoms with Crippen molar-refractivity contribution in [2.75, 3.05) is 13.2 Å². The van der Waals surface area contributed by atoms with Crippen molar-refractivity contribution < 1.29 is 10.1 Å². The lowest BCUT2D eigenvalue weighted by Gasteiger charge is -2.19. The van der Waals surface area contributed by atoms with Gasteiger partial charge in [-0.1, -0.05) is 32.9 Å². The zero-order chi connectivity index (χ0) is 15.2. The van der Waals surface area contributed by atoms with Gasteiger partial charge in [0.1, 0.15) is 5.75 Å². The molecule has 2 N–H and O–H groups in total. The van der Waals surface area contributed by atoms with Crippen molar-refractivity contribution in [3.8, 4) is 5.75 Å². The Morgan fingerprint density at radius 1 is 0.900 bits per heavy atom. The summed E-state index contributed by atoms with van der Waals surface area (Å²) in [5, 5.41) is 2.39. The standard InChI is InChI=1S/C18H31NO/c1-17(2,3)15-9-11-16(12-10-15)20-14-8-7-13-19-18(4,5)6/h9-12,19H,7-8,13-14H2,1-6H3/p+1. The molecule has 0 saturated heterocycles. The minimum Gasteiger partial charge on any atom is -0.494 e. The first kappa shape index (κ1) is 17.0. The molecule has 0 saturated carbocycles. The quantitative estimate of drug-likeness (QED) is 0.792. The predicted octanol–water partition coefficient (Wildman–Crippen LogP) is 3.51. The molecular weight excluding hydrogens is 246 g/mol.